The summed E-state index contributed by atoms with van der Waals surface area (Å²) in [6.45, 7) is 4.72. The molecule has 0 heterocycles. The van der Waals surface area contributed by atoms with E-state index in [1.165, 1.54) is 0 Å². The third kappa shape index (κ3) is 7.64. The summed E-state index contributed by atoms with van der Waals surface area (Å²) in [5, 5.41) is 10.2. The Morgan fingerprint density at radius 1 is 1.05 bits per heavy atom. The molecule has 21 heavy (non-hydrogen) atoms. The minimum atomic E-state index is -0.631. The molecule has 5 nitrogen and oxygen atoms in total. The molecule has 120 valence electrons. The summed E-state index contributed by atoms with van der Waals surface area (Å²) in [6, 6.07) is 5.18. The first-order valence-corrected chi connectivity index (χ1v) is 7.27. The van der Waals surface area contributed by atoms with E-state index in [9.17, 15) is 5.11 Å². The van der Waals surface area contributed by atoms with Crippen LogP contribution in [-0.4, -0.2) is 51.9 Å². The van der Waals surface area contributed by atoms with Gasteiger partial charge in [0.2, 0.25) is 0 Å². The van der Waals surface area contributed by atoms with Crippen molar-refractivity contribution in [1.82, 2.24) is 0 Å². The summed E-state index contributed by atoms with van der Waals surface area (Å²) in [4.78, 5) is 0. The molecule has 0 amide bonds. The van der Waals surface area contributed by atoms with Crippen LogP contribution in [0.2, 0.25) is 5.02 Å². The van der Waals surface area contributed by atoms with Crippen LogP contribution in [0.5, 0.6) is 5.75 Å². The molecular formula is C15H23ClO5. The fourth-order valence-electron chi connectivity index (χ4n) is 1.65. The Kier molecular flexibility index (Phi) is 9.37. The number of ether oxygens (including phenoxy) is 4. The average molecular weight is 319 g/mol. The molecule has 1 atom stereocenters. The van der Waals surface area contributed by atoms with Gasteiger partial charge in [-0.3, -0.25) is 0 Å². The molecule has 0 saturated heterocycles. The molecule has 0 aliphatic heterocycles. The summed E-state index contributed by atoms with van der Waals surface area (Å²) in [7, 11) is 1.63. The lowest BCUT2D eigenvalue weighted by Gasteiger charge is -2.14. The Morgan fingerprint density at radius 2 is 1.67 bits per heavy atom. The summed E-state index contributed by atoms with van der Waals surface area (Å²) in [5.41, 5.74) is 0.672. The van der Waals surface area contributed by atoms with Gasteiger partial charge in [-0.2, -0.15) is 0 Å². The van der Waals surface area contributed by atoms with Gasteiger partial charge in [0.1, 0.15) is 12.4 Å². The molecular weight excluding hydrogens is 296 g/mol. The van der Waals surface area contributed by atoms with E-state index in [0.717, 1.165) is 0 Å². The van der Waals surface area contributed by atoms with Gasteiger partial charge in [-0.1, -0.05) is 11.6 Å². The van der Waals surface area contributed by atoms with Crippen LogP contribution in [-0.2, 0) is 14.2 Å². The number of methoxy groups -OCH3 is 1. The highest BCUT2D eigenvalue weighted by Crippen LogP contribution is 2.28. The normalized spacial score (nSPS) is 12.4. The molecule has 0 aromatic heterocycles. The number of aliphatic hydroxyl groups excluding tert-OH is 1. The number of hydrogen-bond donors (Lipinski definition) is 1. The van der Waals surface area contributed by atoms with Gasteiger partial charge in [0, 0.05) is 17.7 Å². The van der Waals surface area contributed by atoms with E-state index in [1.54, 1.807) is 32.2 Å². The van der Waals surface area contributed by atoms with E-state index >= 15 is 0 Å². The van der Waals surface area contributed by atoms with Crippen molar-refractivity contribution in [1.29, 1.82) is 0 Å². The first-order valence-electron chi connectivity index (χ1n) is 6.90. The van der Waals surface area contributed by atoms with Crippen LogP contribution in [0.25, 0.3) is 0 Å². The largest absolute Gasteiger partial charge is 0.491 e. The monoisotopic (exact) mass is 318 g/mol. The maximum absolute atomic E-state index is 9.68. The quantitative estimate of drug-likeness (QED) is 0.635. The molecule has 0 aliphatic carbocycles. The molecule has 0 bridgehead atoms. The predicted octanol–water partition coefficient (Wildman–Crippen LogP) is 2.45. The number of rotatable bonds is 11. The fourth-order valence-corrected chi connectivity index (χ4v) is 1.83. The predicted molar refractivity (Wildman–Crippen MR) is 81.1 cm³/mol. The first-order chi connectivity index (χ1) is 10.1. The van der Waals surface area contributed by atoms with Gasteiger partial charge < -0.3 is 24.1 Å². The van der Waals surface area contributed by atoms with Gasteiger partial charge in [0.25, 0.3) is 0 Å². The van der Waals surface area contributed by atoms with E-state index < -0.39 is 6.10 Å². The SMILES string of the molecule is COCCOCCOCCOc1ccc(Cl)cc1[C@H](C)O. The summed E-state index contributed by atoms with van der Waals surface area (Å²) >= 11 is 5.90. The van der Waals surface area contributed by atoms with Crippen LogP contribution in [0.3, 0.4) is 0 Å². The van der Waals surface area contributed by atoms with Crippen molar-refractivity contribution in [3.63, 3.8) is 0 Å². The Labute approximate surface area is 130 Å². The van der Waals surface area contributed by atoms with E-state index in [4.69, 9.17) is 30.5 Å². The molecule has 0 fully saturated rings. The van der Waals surface area contributed by atoms with E-state index in [2.05, 4.69) is 0 Å². The van der Waals surface area contributed by atoms with Crippen LogP contribution in [0, 0.1) is 0 Å². The van der Waals surface area contributed by atoms with Crippen molar-refractivity contribution in [2.75, 3.05) is 46.8 Å². The van der Waals surface area contributed by atoms with Gasteiger partial charge in [0.05, 0.1) is 39.1 Å². The number of halogens is 1. The highest BCUT2D eigenvalue weighted by molar-refractivity contribution is 6.30. The van der Waals surface area contributed by atoms with Gasteiger partial charge >= 0.3 is 0 Å². The summed E-state index contributed by atoms with van der Waals surface area (Å²) in [5.74, 6) is 0.620. The molecule has 0 radical (unpaired) electrons. The molecule has 1 aromatic rings. The molecule has 0 spiro atoms. The van der Waals surface area contributed by atoms with Crippen LogP contribution >= 0.6 is 11.6 Å². The van der Waals surface area contributed by atoms with E-state index in [1.807, 2.05) is 0 Å². The van der Waals surface area contributed by atoms with Crippen molar-refractivity contribution in [3.05, 3.63) is 28.8 Å². The van der Waals surface area contributed by atoms with Gasteiger partial charge in [0.15, 0.2) is 0 Å². The molecule has 0 saturated carbocycles. The molecule has 0 aliphatic rings. The van der Waals surface area contributed by atoms with E-state index in [-0.39, 0.29) is 0 Å². The third-order valence-corrected chi connectivity index (χ3v) is 2.95. The topological polar surface area (TPSA) is 57.2 Å². The number of aliphatic hydroxyl groups is 1. The minimum absolute atomic E-state index is 0.402. The van der Waals surface area contributed by atoms with Crippen molar-refractivity contribution in [3.8, 4) is 5.75 Å². The second-order valence-electron chi connectivity index (χ2n) is 4.42. The zero-order valence-corrected chi connectivity index (χ0v) is 13.3. The summed E-state index contributed by atoms with van der Waals surface area (Å²) < 4.78 is 21.1. The Morgan fingerprint density at radius 3 is 2.29 bits per heavy atom. The maximum atomic E-state index is 9.68. The molecule has 1 N–H and O–H groups in total. The number of benzene rings is 1. The number of hydrogen-bond acceptors (Lipinski definition) is 5. The first kappa shape index (κ1) is 18.2. The Bertz CT molecular complexity index is 398. The fraction of sp³-hybridized carbons (Fsp3) is 0.600. The second kappa shape index (κ2) is 10.8. The lowest BCUT2D eigenvalue weighted by Crippen LogP contribution is -2.13. The van der Waals surface area contributed by atoms with Crippen LogP contribution in [0.1, 0.15) is 18.6 Å². The molecule has 6 heteroatoms. The molecule has 0 unspecified atom stereocenters. The zero-order valence-electron chi connectivity index (χ0n) is 12.5. The highest BCUT2D eigenvalue weighted by Gasteiger charge is 2.09. The Hall–Kier alpha value is -0.850. The van der Waals surface area contributed by atoms with E-state index in [0.29, 0.717) is 56.0 Å². The van der Waals surface area contributed by atoms with Crippen molar-refractivity contribution in [2.45, 2.75) is 13.0 Å². The lowest BCUT2D eigenvalue weighted by molar-refractivity contribution is 0.0177. The third-order valence-electron chi connectivity index (χ3n) is 2.71. The standard InChI is InChI=1S/C15H23ClO5/c1-12(17)14-11-13(16)3-4-15(14)21-10-9-20-8-7-19-6-5-18-2/h3-4,11-12,17H,5-10H2,1-2H3/t12-/m0/s1. The van der Waals surface area contributed by atoms with Crippen molar-refractivity contribution >= 4 is 11.6 Å². The minimum Gasteiger partial charge on any atom is -0.491 e. The van der Waals surface area contributed by atoms with Crippen LogP contribution < -0.4 is 4.74 Å². The summed E-state index contributed by atoms with van der Waals surface area (Å²) in [6.07, 6.45) is -0.631. The average Bonchev–Trinajstić information content (AvgIpc) is 2.46. The van der Waals surface area contributed by atoms with Gasteiger partial charge in [-0.15, -0.1) is 0 Å². The molecule has 1 aromatic carbocycles. The molecule has 1 rings (SSSR count). The van der Waals surface area contributed by atoms with Crippen molar-refractivity contribution < 1.29 is 24.1 Å². The van der Waals surface area contributed by atoms with Crippen molar-refractivity contribution in [2.24, 2.45) is 0 Å². The van der Waals surface area contributed by atoms with Crippen LogP contribution in [0.15, 0.2) is 18.2 Å². The zero-order chi connectivity index (χ0) is 15.5. The lowest BCUT2D eigenvalue weighted by atomic mass is 10.1. The maximum Gasteiger partial charge on any atom is 0.125 e. The second-order valence-corrected chi connectivity index (χ2v) is 4.86. The van der Waals surface area contributed by atoms with Gasteiger partial charge in [-0.05, 0) is 25.1 Å². The highest BCUT2D eigenvalue weighted by atomic mass is 35.5. The Balaban J connectivity index is 2.18. The van der Waals surface area contributed by atoms with Gasteiger partial charge in [-0.25, -0.2) is 0 Å². The van der Waals surface area contributed by atoms with Crippen LogP contribution in [0.4, 0.5) is 0 Å². The smallest absolute Gasteiger partial charge is 0.125 e.